The van der Waals surface area contributed by atoms with Gasteiger partial charge in [0.1, 0.15) is 4.60 Å². The van der Waals surface area contributed by atoms with E-state index in [2.05, 4.69) is 36.3 Å². The molecular formula is C17H13BrF3N5O. The molecule has 140 valence electrons. The molecule has 3 heterocycles. The van der Waals surface area contributed by atoms with E-state index < -0.39 is 17.6 Å². The zero-order valence-electron chi connectivity index (χ0n) is 14.2. The number of rotatable bonds is 3. The van der Waals surface area contributed by atoms with Gasteiger partial charge in [-0.3, -0.25) is 4.79 Å². The summed E-state index contributed by atoms with van der Waals surface area (Å²) in [4.78, 5) is 20.4. The summed E-state index contributed by atoms with van der Waals surface area (Å²) in [5.41, 5.74) is 1.23. The summed E-state index contributed by atoms with van der Waals surface area (Å²) in [6, 6.07) is 3.88. The second kappa shape index (κ2) is 7.10. The highest BCUT2D eigenvalue weighted by Crippen LogP contribution is 2.29. The number of hydrogen-bond acceptors (Lipinski definition) is 4. The molecule has 0 aliphatic heterocycles. The van der Waals surface area contributed by atoms with Crippen molar-refractivity contribution >= 4 is 27.5 Å². The third kappa shape index (κ3) is 4.00. The molecule has 6 nitrogen and oxygen atoms in total. The van der Waals surface area contributed by atoms with Crippen LogP contribution >= 0.6 is 15.9 Å². The second-order valence-electron chi connectivity index (χ2n) is 5.73. The number of aromatic nitrogens is 4. The molecule has 0 bridgehead atoms. The molecule has 0 saturated heterocycles. The lowest BCUT2D eigenvalue weighted by atomic mass is 10.2. The van der Waals surface area contributed by atoms with Crippen LogP contribution in [0.25, 0.3) is 5.82 Å². The van der Waals surface area contributed by atoms with Gasteiger partial charge in [0, 0.05) is 6.20 Å². The van der Waals surface area contributed by atoms with Crippen LogP contribution in [0, 0.1) is 13.8 Å². The minimum atomic E-state index is -4.47. The van der Waals surface area contributed by atoms with Gasteiger partial charge in [-0.15, -0.1) is 0 Å². The molecule has 0 saturated carbocycles. The molecule has 0 atom stereocenters. The van der Waals surface area contributed by atoms with Gasteiger partial charge in [0.05, 0.1) is 34.9 Å². The first-order chi connectivity index (χ1) is 12.7. The van der Waals surface area contributed by atoms with E-state index >= 15 is 0 Å². The molecule has 0 spiro atoms. The van der Waals surface area contributed by atoms with E-state index in [0.29, 0.717) is 16.0 Å². The normalized spacial score (nSPS) is 11.5. The van der Waals surface area contributed by atoms with E-state index in [9.17, 15) is 18.0 Å². The van der Waals surface area contributed by atoms with Crippen LogP contribution in [-0.2, 0) is 6.18 Å². The maximum Gasteiger partial charge on any atom is 0.417 e. The first-order valence-electron chi connectivity index (χ1n) is 7.68. The zero-order chi connectivity index (χ0) is 19.8. The number of pyridine rings is 2. The fraction of sp³-hybridized carbons (Fsp3) is 0.176. The molecule has 3 aromatic heterocycles. The van der Waals surface area contributed by atoms with E-state index in [-0.39, 0.29) is 11.4 Å². The van der Waals surface area contributed by atoms with Crippen molar-refractivity contribution < 1.29 is 18.0 Å². The lowest BCUT2D eigenvalue weighted by Crippen LogP contribution is -2.14. The number of alkyl halides is 3. The Bertz CT molecular complexity index is 999. The Morgan fingerprint density at radius 2 is 1.89 bits per heavy atom. The highest BCUT2D eigenvalue weighted by atomic mass is 79.9. The van der Waals surface area contributed by atoms with Crippen LogP contribution in [0.2, 0.25) is 0 Å². The van der Waals surface area contributed by atoms with Gasteiger partial charge >= 0.3 is 6.18 Å². The number of nitrogens with one attached hydrogen (secondary N) is 1. The van der Waals surface area contributed by atoms with Gasteiger partial charge in [-0.05, 0) is 53.5 Å². The topological polar surface area (TPSA) is 72.7 Å². The maximum atomic E-state index is 12.7. The average Bonchev–Trinajstić information content (AvgIpc) is 2.98. The molecule has 0 aromatic carbocycles. The maximum absolute atomic E-state index is 12.7. The van der Waals surface area contributed by atoms with E-state index in [0.717, 1.165) is 17.8 Å². The van der Waals surface area contributed by atoms with Crippen molar-refractivity contribution in [2.45, 2.75) is 20.0 Å². The summed E-state index contributed by atoms with van der Waals surface area (Å²) in [5, 5.41) is 6.81. The van der Waals surface area contributed by atoms with Crippen molar-refractivity contribution in [2.24, 2.45) is 0 Å². The third-order valence-electron chi connectivity index (χ3n) is 3.87. The summed E-state index contributed by atoms with van der Waals surface area (Å²) in [5.74, 6) is -0.223. The Kier molecular flexibility index (Phi) is 5.01. The number of carbonyl (C=O) groups excluding carboxylic acids is 1. The molecule has 0 radical (unpaired) electrons. The molecule has 0 fully saturated rings. The lowest BCUT2D eigenvalue weighted by Gasteiger charge is -2.09. The van der Waals surface area contributed by atoms with Crippen molar-refractivity contribution in [3.63, 3.8) is 0 Å². The van der Waals surface area contributed by atoms with E-state index in [4.69, 9.17) is 0 Å². The molecule has 3 rings (SSSR count). The summed E-state index contributed by atoms with van der Waals surface area (Å²) in [6.45, 7) is 3.46. The van der Waals surface area contributed by atoms with Crippen LogP contribution in [0.15, 0.2) is 41.4 Å². The first-order valence-corrected chi connectivity index (χ1v) is 8.48. The monoisotopic (exact) mass is 439 g/mol. The van der Waals surface area contributed by atoms with Crippen LogP contribution in [-0.4, -0.2) is 25.7 Å². The Morgan fingerprint density at radius 1 is 1.15 bits per heavy atom. The Balaban J connectivity index is 1.85. The largest absolute Gasteiger partial charge is 0.417 e. The van der Waals surface area contributed by atoms with Crippen molar-refractivity contribution in [3.05, 3.63) is 63.8 Å². The highest BCUT2D eigenvalue weighted by molar-refractivity contribution is 9.10. The van der Waals surface area contributed by atoms with Gasteiger partial charge in [-0.25, -0.2) is 14.6 Å². The molecule has 27 heavy (non-hydrogen) atoms. The number of aryl methyl sites for hydroxylation is 1. The number of amides is 1. The minimum absolute atomic E-state index is 0.182. The van der Waals surface area contributed by atoms with Gasteiger partial charge in [0.15, 0.2) is 5.82 Å². The van der Waals surface area contributed by atoms with Gasteiger partial charge in [0.25, 0.3) is 5.91 Å². The molecule has 3 aromatic rings. The number of halogens is 4. The van der Waals surface area contributed by atoms with Crippen molar-refractivity contribution in [3.8, 4) is 5.82 Å². The lowest BCUT2D eigenvalue weighted by molar-refractivity contribution is -0.137. The minimum Gasteiger partial charge on any atom is -0.320 e. The first kappa shape index (κ1) is 19.0. The van der Waals surface area contributed by atoms with Crippen LogP contribution in [0.3, 0.4) is 0 Å². The fourth-order valence-corrected chi connectivity index (χ4v) is 2.83. The van der Waals surface area contributed by atoms with E-state index in [1.165, 1.54) is 23.1 Å². The molecule has 10 heteroatoms. The fourth-order valence-electron chi connectivity index (χ4n) is 2.38. The number of anilines is 1. The van der Waals surface area contributed by atoms with Gasteiger partial charge in [-0.2, -0.15) is 18.3 Å². The number of carbonyl (C=O) groups is 1. The molecule has 0 unspecified atom stereocenters. The predicted molar refractivity (Wildman–Crippen MR) is 95.7 cm³/mol. The van der Waals surface area contributed by atoms with Crippen LogP contribution < -0.4 is 5.32 Å². The van der Waals surface area contributed by atoms with Gasteiger partial charge in [-0.1, -0.05) is 0 Å². The second-order valence-corrected chi connectivity index (χ2v) is 6.55. The van der Waals surface area contributed by atoms with Crippen molar-refractivity contribution in [1.29, 1.82) is 0 Å². The standard InChI is InChI=1S/C17H13BrF3N5O/c1-9-5-14(18)22-8-13(9)25-16(27)12-7-24-26(10(12)2)15-4-3-11(6-23-15)17(19,20)21/h3-8H,1-2H3,(H,25,27). The van der Waals surface area contributed by atoms with E-state index in [1.807, 2.05) is 6.92 Å². The highest BCUT2D eigenvalue weighted by Gasteiger charge is 2.30. The SMILES string of the molecule is Cc1cc(Br)ncc1NC(=O)c1cnn(-c2ccc(C(F)(F)F)cn2)c1C. The van der Waals surface area contributed by atoms with Crippen molar-refractivity contribution in [1.82, 2.24) is 19.7 Å². The summed E-state index contributed by atoms with van der Waals surface area (Å²) in [7, 11) is 0. The average molecular weight is 440 g/mol. The Morgan fingerprint density at radius 3 is 2.48 bits per heavy atom. The molecule has 1 N–H and O–H groups in total. The molecule has 0 aliphatic rings. The van der Waals surface area contributed by atoms with Crippen LogP contribution in [0.1, 0.15) is 27.2 Å². The summed E-state index contributed by atoms with van der Waals surface area (Å²) < 4.78 is 39.9. The van der Waals surface area contributed by atoms with Crippen molar-refractivity contribution in [2.75, 3.05) is 5.32 Å². The molecule has 0 aliphatic carbocycles. The summed E-state index contributed by atoms with van der Waals surface area (Å²) >= 11 is 3.25. The van der Waals surface area contributed by atoms with Crippen LogP contribution in [0.4, 0.5) is 18.9 Å². The molecular weight excluding hydrogens is 427 g/mol. The Hall–Kier alpha value is -2.75. The quantitative estimate of drug-likeness (QED) is 0.617. The van der Waals surface area contributed by atoms with E-state index in [1.54, 1.807) is 13.0 Å². The van der Waals surface area contributed by atoms with Gasteiger partial charge < -0.3 is 5.32 Å². The number of nitrogens with zero attached hydrogens (tertiary/aromatic N) is 4. The third-order valence-corrected chi connectivity index (χ3v) is 4.31. The van der Waals surface area contributed by atoms with Crippen LogP contribution in [0.5, 0.6) is 0 Å². The smallest absolute Gasteiger partial charge is 0.320 e. The number of hydrogen-bond donors (Lipinski definition) is 1. The predicted octanol–water partition coefficient (Wildman–Crippen LogP) is 4.31. The summed E-state index contributed by atoms with van der Waals surface area (Å²) in [6.07, 6.45) is -0.876. The molecule has 1 amide bonds. The Labute approximate surface area is 160 Å². The van der Waals surface area contributed by atoms with Gasteiger partial charge in [0.2, 0.25) is 0 Å². The zero-order valence-corrected chi connectivity index (χ0v) is 15.8.